The van der Waals surface area contributed by atoms with Crippen molar-refractivity contribution in [3.05, 3.63) is 29.8 Å². The number of halogens is 2. The van der Waals surface area contributed by atoms with E-state index in [0.717, 1.165) is 64.1 Å². The normalized spacial score (nSPS) is 27.7. The fraction of sp³-hybridized carbons (Fsp3) is 0.667. The number of piperazine rings is 1. The van der Waals surface area contributed by atoms with Gasteiger partial charge in [0.05, 0.1) is 12.0 Å². The Morgan fingerprint density at radius 2 is 1.76 bits per heavy atom. The first kappa shape index (κ1) is 26.0. The van der Waals surface area contributed by atoms with E-state index in [1.165, 1.54) is 4.90 Å². The Kier molecular flexibility index (Phi) is 7.76. The van der Waals surface area contributed by atoms with Gasteiger partial charge in [-0.25, -0.2) is 8.78 Å². The molecule has 0 radical (unpaired) electrons. The van der Waals surface area contributed by atoms with Crippen LogP contribution in [0.5, 0.6) is 0 Å². The number of anilines is 1. The van der Waals surface area contributed by atoms with Crippen molar-refractivity contribution in [3.8, 4) is 0 Å². The van der Waals surface area contributed by atoms with Crippen LogP contribution in [0, 0.1) is 11.8 Å². The minimum atomic E-state index is -2.70. The number of fused-ring (bicyclic) bond motifs is 1. The monoisotopic (exact) mass is 518 g/mol. The lowest BCUT2D eigenvalue weighted by Crippen LogP contribution is -2.54. The van der Waals surface area contributed by atoms with Crippen molar-refractivity contribution in [2.75, 3.05) is 50.8 Å². The van der Waals surface area contributed by atoms with Crippen molar-refractivity contribution in [2.24, 2.45) is 11.8 Å². The molecule has 3 heterocycles. The molecule has 3 aliphatic heterocycles. The number of hydrogen-bond acceptors (Lipinski definition) is 6. The molecule has 202 valence electrons. The van der Waals surface area contributed by atoms with Crippen molar-refractivity contribution >= 4 is 23.3 Å². The molecule has 10 heteroatoms. The fourth-order valence-corrected chi connectivity index (χ4v) is 6.36. The standard InChI is InChI=1S/C27H36F2N4O4/c1-2-31-11-13-32(14-12-31)19-9-7-18(8-10-19)26(35)30-22(17-5-3-4-6-17)27(36)33-15-20(25(28)29)24-23(33)21(34)16-37-24/h7-10,17,20,22-25H,2-6,11-16H2,1H3,(H,30,35)/t20-,22+,23-,24-/m1/s1. The molecule has 0 bridgehead atoms. The third kappa shape index (κ3) is 5.23. The number of ether oxygens (including phenoxy) is 1. The summed E-state index contributed by atoms with van der Waals surface area (Å²) in [6.45, 7) is 6.56. The molecule has 5 rings (SSSR count). The number of benzene rings is 1. The Labute approximate surface area is 216 Å². The SMILES string of the molecule is CCN1CCN(c2ccc(C(=O)N[C@H](C(=O)N3C[C@@H](C(F)F)[C@H]4OCC(=O)[C@H]43)C3CCCC3)cc2)CC1. The van der Waals surface area contributed by atoms with Crippen molar-refractivity contribution in [1.29, 1.82) is 0 Å². The molecule has 3 saturated heterocycles. The molecular weight excluding hydrogens is 482 g/mol. The third-order valence-electron chi connectivity index (χ3n) is 8.57. The zero-order valence-corrected chi connectivity index (χ0v) is 21.3. The molecule has 1 aromatic rings. The average Bonchev–Trinajstić information content (AvgIpc) is 3.66. The van der Waals surface area contributed by atoms with Gasteiger partial charge >= 0.3 is 0 Å². The Morgan fingerprint density at radius 1 is 1.08 bits per heavy atom. The number of rotatable bonds is 7. The highest BCUT2D eigenvalue weighted by Gasteiger charge is 2.56. The summed E-state index contributed by atoms with van der Waals surface area (Å²) in [6, 6.07) is 5.52. The Morgan fingerprint density at radius 3 is 2.38 bits per heavy atom. The largest absolute Gasteiger partial charge is 0.369 e. The van der Waals surface area contributed by atoms with Crippen LogP contribution in [0.3, 0.4) is 0 Å². The first-order valence-electron chi connectivity index (χ1n) is 13.5. The fourth-order valence-electron chi connectivity index (χ4n) is 6.36. The van der Waals surface area contributed by atoms with Gasteiger partial charge in [-0.05, 0) is 49.6 Å². The number of nitrogens with zero attached hydrogens (tertiary/aromatic N) is 3. The van der Waals surface area contributed by atoms with E-state index in [-0.39, 0.29) is 30.8 Å². The minimum absolute atomic E-state index is 0.0907. The maximum atomic E-state index is 13.7. The van der Waals surface area contributed by atoms with Gasteiger partial charge in [0.25, 0.3) is 5.91 Å². The number of ketones is 1. The van der Waals surface area contributed by atoms with Crippen molar-refractivity contribution in [1.82, 2.24) is 15.1 Å². The maximum absolute atomic E-state index is 13.7. The molecular formula is C27H36F2N4O4. The van der Waals surface area contributed by atoms with E-state index >= 15 is 0 Å². The Bertz CT molecular complexity index is 993. The molecule has 0 aromatic heterocycles. The van der Waals surface area contributed by atoms with Gasteiger partial charge in [-0.2, -0.15) is 0 Å². The predicted molar refractivity (Wildman–Crippen MR) is 134 cm³/mol. The highest BCUT2D eigenvalue weighted by Crippen LogP contribution is 2.37. The number of alkyl halides is 2. The van der Waals surface area contributed by atoms with Crippen LogP contribution in [0.1, 0.15) is 43.0 Å². The number of likely N-dealkylation sites (N-methyl/N-ethyl adjacent to an activating group) is 1. The third-order valence-corrected chi connectivity index (χ3v) is 8.57. The zero-order valence-electron chi connectivity index (χ0n) is 21.3. The Balaban J connectivity index is 1.29. The first-order chi connectivity index (χ1) is 17.9. The van der Waals surface area contributed by atoms with Crippen molar-refractivity contribution < 1.29 is 27.9 Å². The summed E-state index contributed by atoms with van der Waals surface area (Å²) in [4.78, 5) is 45.4. The molecule has 4 atom stereocenters. The summed E-state index contributed by atoms with van der Waals surface area (Å²) in [6.07, 6.45) is -0.258. The van der Waals surface area contributed by atoms with E-state index in [1.807, 2.05) is 12.1 Å². The summed E-state index contributed by atoms with van der Waals surface area (Å²) < 4.78 is 32.7. The van der Waals surface area contributed by atoms with E-state index in [1.54, 1.807) is 12.1 Å². The van der Waals surface area contributed by atoms with Crippen LogP contribution in [0.2, 0.25) is 0 Å². The number of carbonyl (C=O) groups excluding carboxylic acids is 3. The van der Waals surface area contributed by atoms with E-state index in [0.29, 0.717) is 5.56 Å². The second kappa shape index (κ2) is 11.0. The van der Waals surface area contributed by atoms with Crippen LogP contribution in [-0.4, -0.2) is 97.9 Å². The maximum Gasteiger partial charge on any atom is 0.251 e. The van der Waals surface area contributed by atoms with Crippen LogP contribution >= 0.6 is 0 Å². The van der Waals surface area contributed by atoms with Crippen LogP contribution < -0.4 is 10.2 Å². The molecule has 0 spiro atoms. The summed E-state index contributed by atoms with van der Waals surface area (Å²) in [5.41, 5.74) is 1.49. The van der Waals surface area contributed by atoms with Gasteiger partial charge in [-0.15, -0.1) is 0 Å². The van der Waals surface area contributed by atoms with E-state index < -0.39 is 36.4 Å². The van der Waals surface area contributed by atoms with Crippen LogP contribution in [0.4, 0.5) is 14.5 Å². The molecule has 8 nitrogen and oxygen atoms in total. The van der Waals surface area contributed by atoms with Gasteiger partial charge < -0.3 is 24.8 Å². The predicted octanol–water partition coefficient (Wildman–Crippen LogP) is 2.18. The number of Topliss-reactive ketones (excluding diaryl/α,β-unsaturated/α-hetero) is 1. The summed E-state index contributed by atoms with van der Waals surface area (Å²) >= 11 is 0. The van der Waals surface area contributed by atoms with E-state index in [2.05, 4.69) is 22.0 Å². The molecule has 0 unspecified atom stereocenters. The van der Waals surface area contributed by atoms with Crippen LogP contribution in [-0.2, 0) is 14.3 Å². The number of hydrogen-bond donors (Lipinski definition) is 1. The second-order valence-electron chi connectivity index (χ2n) is 10.6. The molecule has 1 N–H and O–H groups in total. The lowest BCUT2D eigenvalue weighted by atomic mass is 9.95. The van der Waals surface area contributed by atoms with E-state index in [9.17, 15) is 23.2 Å². The van der Waals surface area contributed by atoms with Gasteiger partial charge in [0.2, 0.25) is 12.3 Å². The molecule has 37 heavy (non-hydrogen) atoms. The number of carbonyl (C=O) groups is 3. The van der Waals surface area contributed by atoms with Crippen molar-refractivity contribution in [3.63, 3.8) is 0 Å². The highest BCUT2D eigenvalue weighted by molar-refractivity contribution is 5.99. The lowest BCUT2D eigenvalue weighted by molar-refractivity contribution is -0.139. The smallest absolute Gasteiger partial charge is 0.251 e. The molecule has 4 fully saturated rings. The number of likely N-dealkylation sites (tertiary alicyclic amines) is 1. The molecule has 1 saturated carbocycles. The van der Waals surface area contributed by atoms with E-state index in [4.69, 9.17) is 4.74 Å². The molecule has 1 aliphatic carbocycles. The van der Waals surface area contributed by atoms with Crippen LogP contribution in [0.25, 0.3) is 0 Å². The van der Waals surface area contributed by atoms with Gasteiger partial charge in [-0.3, -0.25) is 14.4 Å². The highest BCUT2D eigenvalue weighted by atomic mass is 19.3. The van der Waals surface area contributed by atoms with Gasteiger partial charge in [0.15, 0.2) is 5.78 Å². The molecule has 4 aliphatic rings. The quantitative estimate of drug-likeness (QED) is 0.596. The minimum Gasteiger partial charge on any atom is -0.369 e. The van der Waals surface area contributed by atoms with Gasteiger partial charge in [0.1, 0.15) is 18.7 Å². The summed E-state index contributed by atoms with van der Waals surface area (Å²) in [7, 11) is 0. The molecule has 2 amide bonds. The lowest BCUT2D eigenvalue weighted by Gasteiger charge is -2.35. The summed E-state index contributed by atoms with van der Waals surface area (Å²) in [5.74, 6) is -2.47. The number of amides is 2. The molecule has 1 aromatic carbocycles. The van der Waals surface area contributed by atoms with Crippen molar-refractivity contribution in [2.45, 2.75) is 57.2 Å². The summed E-state index contributed by atoms with van der Waals surface area (Å²) in [5, 5.41) is 2.91. The first-order valence-corrected chi connectivity index (χ1v) is 13.5. The Hall–Kier alpha value is -2.59. The van der Waals surface area contributed by atoms with Gasteiger partial charge in [-0.1, -0.05) is 19.8 Å². The van der Waals surface area contributed by atoms with Crippen LogP contribution in [0.15, 0.2) is 24.3 Å². The van der Waals surface area contributed by atoms with Gasteiger partial charge in [0, 0.05) is 44.0 Å². The zero-order chi connectivity index (χ0) is 26.1. The average molecular weight is 519 g/mol. The second-order valence-corrected chi connectivity index (χ2v) is 10.6. The topological polar surface area (TPSA) is 82.2 Å². The number of nitrogens with one attached hydrogen (secondary N) is 1.